The normalized spacial score (nSPS) is 16.2. The van der Waals surface area contributed by atoms with Crippen molar-refractivity contribution in [2.24, 2.45) is 0 Å². The Hall–Kier alpha value is -2.16. The number of piperazine rings is 1. The van der Waals surface area contributed by atoms with E-state index in [0.717, 1.165) is 22.5 Å². The Labute approximate surface area is 168 Å². The maximum absolute atomic E-state index is 13.1. The first-order valence-electron chi connectivity index (χ1n) is 9.33. The van der Waals surface area contributed by atoms with Crippen LogP contribution in [-0.2, 0) is 10.0 Å². The van der Waals surface area contributed by atoms with Crippen molar-refractivity contribution in [3.05, 3.63) is 58.2 Å². The fourth-order valence-electron chi connectivity index (χ4n) is 3.64. The fourth-order valence-corrected chi connectivity index (χ4v) is 6.22. The van der Waals surface area contributed by atoms with E-state index < -0.39 is 10.0 Å². The lowest BCUT2D eigenvalue weighted by Gasteiger charge is -2.35. The molecule has 0 radical (unpaired) electrons. The second kappa shape index (κ2) is 7.35. The smallest absolute Gasteiger partial charge is 0.308 e. The summed E-state index contributed by atoms with van der Waals surface area (Å²) in [4.78, 5) is 14.6. The van der Waals surface area contributed by atoms with Crippen molar-refractivity contribution in [3.63, 3.8) is 0 Å². The summed E-state index contributed by atoms with van der Waals surface area (Å²) < 4.78 is 30.2. The third kappa shape index (κ3) is 3.36. The monoisotopic (exact) mass is 417 g/mol. The maximum Gasteiger partial charge on any atom is 0.308 e. The molecule has 0 saturated carbocycles. The minimum Gasteiger partial charge on any atom is -0.369 e. The predicted molar refractivity (Wildman–Crippen MR) is 114 cm³/mol. The lowest BCUT2D eigenvalue weighted by atomic mass is 10.2. The van der Waals surface area contributed by atoms with Crippen molar-refractivity contribution in [2.75, 3.05) is 31.1 Å². The molecule has 0 aliphatic carbocycles. The average Bonchev–Trinajstić information content (AvgIpc) is 3.04. The van der Waals surface area contributed by atoms with Crippen LogP contribution in [0.1, 0.15) is 19.9 Å². The van der Waals surface area contributed by atoms with Gasteiger partial charge in [-0.1, -0.05) is 29.5 Å². The van der Waals surface area contributed by atoms with Crippen molar-refractivity contribution in [1.82, 2.24) is 8.87 Å². The van der Waals surface area contributed by atoms with Gasteiger partial charge in [-0.25, -0.2) is 8.42 Å². The number of rotatable bonds is 4. The fraction of sp³-hybridized carbons (Fsp3) is 0.350. The first-order valence-corrected chi connectivity index (χ1v) is 11.6. The zero-order chi connectivity index (χ0) is 19.9. The van der Waals surface area contributed by atoms with Gasteiger partial charge in [0.05, 0.1) is 15.1 Å². The molecule has 2 aromatic carbocycles. The molecule has 4 rings (SSSR count). The highest BCUT2D eigenvalue weighted by atomic mass is 32.2. The van der Waals surface area contributed by atoms with E-state index in [0.29, 0.717) is 30.9 Å². The van der Waals surface area contributed by atoms with Crippen LogP contribution in [-0.4, -0.2) is 43.5 Å². The number of hydrogen-bond acceptors (Lipinski definition) is 5. The SMILES string of the molecule is CC(C)n1c(=O)sc2cc(S(=O)(=O)N3CCN(c4ccccc4)CC3)ccc21. The number of hydrogen-bond donors (Lipinski definition) is 0. The summed E-state index contributed by atoms with van der Waals surface area (Å²) in [6, 6.07) is 15.1. The molecular formula is C20H23N3O3S2. The van der Waals surface area contributed by atoms with Gasteiger partial charge in [0.25, 0.3) is 0 Å². The van der Waals surface area contributed by atoms with Crippen molar-refractivity contribution < 1.29 is 8.42 Å². The topological polar surface area (TPSA) is 62.6 Å². The average molecular weight is 418 g/mol. The molecule has 0 atom stereocenters. The van der Waals surface area contributed by atoms with Gasteiger partial charge in [-0.2, -0.15) is 4.31 Å². The van der Waals surface area contributed by atoms with E-state index in [2.05, 4.69) is 4.90 Å². The van der Waals surface area contributed by atoms with E-state index in [1.165, 1.54) is 4.31 Å². The van der Waals surface area contributed by atoms with Crippen LogP contribution in [0.5, 0.6) is 0 Å². The molecule has 0 bridgehead atoms. The standard InChI is InChI=1S/C20H23N3O3S2/c1-15(2)23-18-9-8-17(14-19(18)27-20(23)24)28(25,26)22-12-10-21(11-13-22)16-6-4-3-5-7-16/h3-9,14-15H,10-13H2,1-2H3. The van der Waals surface area contributed by atoms with Crippen LogP contribution in [0.2, 0.25) is 0 Å². The molecule has 0 amide bonds. The quantitative estimate of drug-likeness (QED) is 0.654. The first-order chi connectivity index (χ1) is 13.4. The first kappa shape index (κ1) is 19.2. The Bertz CT molecular complexity index is 1140. The summed E-state index contributed by atoms with van der Waals surface area (Å²) >= 11 is 1.10. The highest BCUT2D eigenvalue weighted by Gasteiger charge is 2.29. The molecule has 1 saturated heterocycles. The predicted octanol–water partition coefficient (Wildman–Crippen LogP) is 3.15. The van der Waals surface area contributed by atoms with Crippen LogP contribution in [0.25, 0.3) is 10.2 Å². The van der Waals surface area contributed by atoms with E-state index in [4.69, 9.17) is 0 Å². The lowest BCUT2D eigenvalue weighted by molar-refractivity contribution is 0.385. The molecule has 1 fully saturated rings. The molecule has 0 unspecified atom stereocenters. The Balaban J connectivity index is 1.58. The number of sulfonamides is 1. The Morgan fingerprint density at radius 3 is 2.29 bits per heavy atom. The molecule has 0 spiro atoms. The summed E-state index contributed by atoms with van der Waals surface area (Å²) in [6.45, 7) is 6.09. The van der Waals surface area contributed by atoms with Gasteiger partial charge in [0.15, 0.2) is 0 Å². The van der Waals surface area contributed by atoms with Crippen LogP contribution in [0, 0.1) is 0 Å². The molecule has 148 valence electrons. The van der Waals surface area contributed by atoms with Crippen molar-refractivity contribution in [1.29, 1.82) is 0 Å². The zero-order valence-electron chi connectivity index (χ0n) is 15.9. The van der Waals surface area contributed by atoms with Gasteiger partial charge in [-0.15, -0.1) is 0 Å². The van der Waals surface area contributed by atoms with Crippen molar-refractivity contribution >= 4 is 37.3 Å². The molecule has 1 aromatic heterocycles. The minimum absolute atomic E-state index is 0.0368. The van der Waals surface area contributed by atoms with Crippen LogP contribution in [0.15, 0.2) is 58.2 Å². The molecular weight excluding hydrogens is 394 g/mol. The largest absolute Gasteiger partial charge is 0.369 e. The summed E-state index contributed by atoms with van der Waals surface area (Å²) in [5.74, 6) is 0. The van der Waals surface area contributed by atoms with Crippen LogP contribution in [0.3, 0.4) is 0 Å². The van der Waals surface area contributed by atoms with E-state index in [1.807, 2.05) is 44.2 Å². The molecule has 0 N–H and O–H groups in total. The van der Waals surface area contributed by atoms with Crippen LogP contribution >= 0.6 is 11.3 Å². The maximum atomic E-state index is 13.1. The summed E-state index contributed by atoms with van der Waals surface area (Å²) in [5, 5.41) is 0. The molecule has 1 aliphatic heterocycles. The molecule has 6 nitrogen and oxygen atoms in total. The van der Waals surface area contributed by atoms with E-state index >= 15 is 0 Å². The van der Waals surface area contributed by atoms with Crippen molar-refractivity contribution in [3.8, 4) is 0 Å². The second-order valence-electron chi connectivity index (χ2n) is 7.19. The minimum atomic E-state index is -3.58. The second-order valence-corrected chi connectivity index (χ2v) is 10.1. The number of benzene rings is 2. The van der Waals surface area contributed by atoms with Gasteiger partial charge in [-0.3, -0.25) is 9.36 Å². The number of aromatic nitrogens is 1. The molecule has 28 heavy (non-hydrogen) atoms. The third-order valence-corrected chi connectivity index (χ3v) is 7.91. The Morgan fingerprint density at radius 2 is 1.64 bits per heavy atom. The highest BCUT2D eigenvalue weighted by molar-refractivity contribution is 7.89. The zero-order valence-corrected chi connectivity index (χ0v) is 17.5. The molecule has 8 heteroatoms. The van der Waals surface area contributed by atoms with Gasteiger partial charge in [0, 0.05) is 37.9 Å². The van der Waals surface area contributed by atoms with Crippen LogP contribution < -0.4 is 9.77 Å². The van der Waals surface area contributed by atoms with Crippen molar-refractivity contribution in [2.45, 2.75) is 24.8 Å². The van der Waals surface area contributed by atoms with Gasteiger partial charge in [0.2, 0.25) is 10.0 Å². The van der Waals surface area contributed by atoms with Gasteiger partial charge < -0.3 is 4.90 Å². The number of fused-ring (bicyclic) bond motifs is 1. The number of thiazole rings is 1. The third-order valence-electron chi connectivity index (χ3n) is 5.10. The van der Waals surface area contributed by atoms with E-state index in [9.17, 15) is 13.2 Å². The van der Waals surface area contributed by atoms with E-state index in [1.54, 1.807) is 22.8 Å². The number of para-hydroxylation sites is 1. The van der Waals surface area contributed by atoms with Gasteiger partial charge in [-0.05, 0) is 44.2 Å². The van der Waals surface area contributed by atoms with Gasteiger partial charge in [0.1, 0.15) is 0 Å². The Morgan fingerprint density at radius 1 is 0.964 bits per heavy atom. The Kier molecular flexibility index (Phi) is 5.03. The molecule has 2 heterocycles. The van der Waals surface area contributed by atoms with E-state index in [-0.39, 0.29) is 15.8 Å². The molecule has 3 aromatic rings. The molecule has 1 aliphatic rings. The summed E-state index contributed by atoms with van der Waals surface area (Å²) in [5.41, 5.74) is 1.90. The number of anilines is 1. The number of nitrogens with zero attached hydrogens (tertiary/aromatic N) is 3. The lowest BCUT2D eigenvalue weighted by Crippen LogP contribution is -2.48. The highest BCUT2D eigenvalue weighted by Crippen LogP contribution is 2.27. The van der Waals surface area contributed by atoms with Crippen LogP contribution in [0.4, 0.5) is 5.69 Å². The summed E-state index contributed by atoms with van der Waals surface area (Å²) in [6.07, 6.45) is 0. The van der Waals surface area contributed by atoms with Gasteiger partial charge >= 0.3 is 4.87 Å². The summed E-state index contributed by atoms with van der Waals surface area (Å²) in [7, 11) is -3.58.